The Bertz CT molecular complexity index is 1960. The highest BCUT2D eigenvalue weighted by Gasteiger charge is 2.34. The topological polar surface area (TPSA) is 162 Å². The molecule has 0 spiro atoms. The minimum Gasteiger partial charge on any atom is -0.479 e. The zero-order chi connectivity index (χ0) is 36.4. The number of benzene rings is 3. The number of nitrogen functional groups attached to an aromatic ring is 1. The molecular formula is C34H41F2N6O7P. The third-order valence-electron chi connectivity index (χ3n) is 7.50. The Labute approximate surface area is 288 Å². The van der Waals surface area contributed by atoms with E-state index in [1.807, 2.05) is 39.0 Å². The number of methoxy groups -OCH3 is 2. The van der Waals surface area contributed by atoms with Crippen molar-refractivity contribution in [2.45, 2.75) is 58.9 Å². The van der Waals surface area contributed by atoms with Crippen molar-refractivity contribution in [2.24, 2.45) is 0 Å². The summed E-state index contributed by atoms with van der Waals surface area (Å²) in [6, 6.07) is 14.0. The van der Waals surface area contributed by atoms with E-state index in [9.17, 15) is 18.1 Å². The van der Waals surface area contributed by atoms with Crippen LogP contribution >= 0.6 is 7.75 Å². The lowest BCUT2D eigenvalue weighted by Gasteiger charge is -2.26. The molecule has 0 radical (unpaired) electrons. The number of anilines is 1. The van der Waals surface area contributed by atoms with Gasteiger partial charge in [0, 0.05) is 30.2 Å². The molecule has 0 fully saturated rings. The average molecular weight is 715 g/mol. The second-order valence-corrected chi connectivity index (χ2v) is 12.6. The number of imidazole rings is 1. The Hall–Kier alpha value is -4.69. The number of halogens is 2. The van der Waals surface area contributed by atoms with Gasteiger partial charge in [0.1, 0.15) is 30.0 Å². The molecule has 50 heavy (non-hydrogen) atoms. The van der Waals surface area contributed by atoms with E-state index < -0.39 is 44.1 Å². The van der Waals surface area contributed by atoms with Crippen molar-refractivity contribution in [3.05, 3.63) is 84.2 Å². The van der Waals surface area contributed by atoms with Crippen molar-refractivity contribution in [3.63, 3.8) is 0 Å². The fourth-order valence-electron chi connectivity index (χ4n) is 4.98. The number of fused-ring (bicyclic) bond motifs is 2. The lowest BCUT2D eigenvalue weighted by molar-refractivity contribution is -0.146. The fourth-order valence-corrected chi connectivity index (χ4v) is 6.52. The maximum absolute atomic E-state index is 14.3. The van der Waals surface area contributed by atoms with E-state index in [0.717, 1.165) is 11.5 Å². The van der Waals surface area contributed by atoms with Gasteiger partial charge in [0.15, 0.2) is 11.2 Å². The minimum absolute atomic E-state index is 0.0213. The van der Waals surface area contributed by atoms with E-state index in [4.69, 9.17) is 29.0 Å². The maximum atomic E-state index is 14.3. The summed E-state index contributed by atoms with van der Waals surface area (Å²) >= 11 is 0. The van der Waals surface area contributed by atoms with Crippen LogP contribution in [0.4, 0.5) is 14.7 Å². The van der Waals surface area contributed by atoms with Crippen molar-refractivity contribution in [2.75, 3.05) is 26.6 Å². The molecule has 0 aliphatic rings. The van der Waals surface area contributed by atoms with Crippen molar-refractivity contribution >= 4 is 41.6 Å². The SMILES string of the molecule is CC.COc1nc(N)nc2c1ncn2C(C)CC(COP(=O)(NC(C)C(=O)OCc1ccc(F)cc1F)Oc1cccc2ccccc12)OC. The summed E-state index contributed by atoms with van der Waals surface area (Å²) in [5.74, 6) is -1.99. The van der Waals surface area contributed by atoms with Gasteiger partial charge in [-0.05, 0) is 43.9 Å². The van der Waals surface area contributed by atoms with Gasteiger partial charge in [-0.25, -0.2) is 18.3 Å². The molecule has 3 aromatic carbocycles. The Morgan fingerprint density at radius 2 is 1.78 bits per heavy atom. The first-order valence-electron chi connectivity index (χ1n) is 15.9. The second kappa shape index (κ2) is 17.3. The molecule has 3 N–H and O–H groups in total. The highest BCUT2D eigenvalue weighted by atomic mass is 31.2. The van der Waals surface area contributed by atoms with Crippen LogP contribution in [-0.4, -0.2) is 58.5 Å². The molecule has 2 aromatic heterocycles. The van der Waals surface area contributed by atoms with Crippen LogP contribution in [0.15, 0.2) is 67.0 Å². The molecule has 2 heterocycles. The zero-order valence-electron chi connectivity index (χ0n) is 28.6. The van der Waals surface area contributed by atoms with Gasteiger partial charge in [0.25, 0.3) is 0 Å². The molecule has 0 saturated heterocycles. The summed E-state index contributed by atoms with van der Waals surface area (Å²) in [6.07, 6.45) is 1.32. The van der Waals surface area contributed by atoms with Crippen LogP contribution in [0.5, 0.6) is 11.6 Å². The number of ether oxygens (including phenoxy) is 3. The van der Waals surface area contributed by atoms with Crippen molar-refractivity contribution in [3.8, 4) is 11.6 Å². The largest absolute Gasteiger partial charge is 0.479 e. The number of nitrogens with one attached hydrogen (secondary N) is 1. The lowest BCUT2D eigenvalue weighted by atomic mass is 10.1. The smallest absolute Gasteiger partial charge is 0.459 e. The van der Waals surface area contributed by atoms with Gasteiger partial charge in [-0.1, -0.05) is 50.2 Å². The van der Waals surface area contributed by atoms with E-state index in [0.29, 0.717) is 29.0 Å². The number of nitrogens with zero attached hydrogens (tertiary/aromatic N) is 4. The molecule has 0 amide bonds. The summed E-state index contributed by atoms with van der Waals surface area (Å²) in [5.41, 5.74) is 6.73. The minimum atomic E-state index is -4.32. The zero-order valence-corrected chi connectivity index (χ0v) is 29.5. The van der Waals surface area contributed by atoms with Gasteiger partial charge < -0.3 is 29.0 Å². The molecule has 268 valence electrons. The fraction of sp³-hybridized carbons (Fsp3) is 0.353. The Balaban J connectivity index is 0.00000276. The van der Waals surface area contributed by atoms with Crippen LogP contribution in [0.1, 0.15) is 45.7 Å². The monoisotopic (exact) mass is 714 g/mol. The second-order valence-electron chi connectivity index (χ2n) is 10.9. The van der Waals surface area contributed by atoms with Crippen LogP contribution in [0, 0.1) is 11.6 Å². The quantitative estimate of drug-likeness (QED) is 0.0867. The average Bonchev–Trinajstić information content (AvgIpc) is 3.54. The van der Waals surface area contributed by atoms with Crippen LogP contribution < -0.4 is 20.1 Å². The molecular weight excluding hydrogens is 673 g/mol. The van der Waals surface area contributed by atoms with Crippen LogP contribution in [0.25, 0.3) is 21.9 Å². The summed E-state index contributed by atoms with van der Waals surface area (Å²) in [7, 11) is -1.38. The van der Waals surface area contributed by atoms with E-state index in [2.05, 4.69) is 20.0 Å². The van der Waals surface area contributed by atoms with E-state index in [1.165, 1.54) is 27.2 Å². The molecule has 0 aliphatic heterocycles. The highest BCUT2D eigenvalue weighted by Crippen LogP contribution is 2.47. The molecule has 4 atom stereocenters. The predicted octanol–water partition coefficient (Wildman–Crippen LogP) is 6.77. The summed E-state index contributed by atoms with van der Waals surface area (Å²) in [5, 5.41) is 4.12. The molecule has 0 aliphatic carbocycles. The Morgan fingerprint density at radius 1 is 1.04 bits per heavy atom. The summed E-state index contributed by atoms with van der Waals surface area (Å²) in [4.78, 5) is 25.6. The number of aromatic nitrogens is 4. The molecule has 5 aromatic rings. The first kappa shape index (κ1) is 38.1. The van der Waals surface area contributed by atoms with Gasteiger partial charge in [0.05, 0.1) is 26.1 Å². The molecule has 13 nitrogen and oxygen atoms in total. The lowest BCUT2D eigenvalue weighted by Crippen LogP contribution is -2.36. The molecule has 0 bridgehead atoms. The van der Waals surface area contributed by atoms with Crippen molar-refractivity contribution in [1.82, 2.24) is 24.6 Å². The Kier molecular flexibility index (Phi) is 13.2. The van der Waals surface area contributed by atoms with Crippen LogP contribution in [0.2, 0.25) is 0 Å². The molecule has 16 heteroatoms. The van der Waals surface area contributed by atoms with Crippen LogP contribution in [-0.2, 0) is 30.0 Å². The predicted molar refractivity (Wildman–Crippen MR) is 185 cm³/mol. The standard InChI is InChI=1S/C32H35F2N6O7P.C2H6/c1-19(40-18-36-28-29(40)37-32(35)38-30(28)44-4)14-24(43-3)17-46-48(42,47-27-11-7-9-21-8-5-6-10-25(21)27)39-20(2)31(41)45-16-22-12-13-23(33)15-26(22)34;1-2/h5-13,15,18-20,24H,14,16-17H2,1-4H3,(H,39,42)(H2,35,37,38);1-2H3. The molecule has 0 saturated carbocycles. The van der Waals surface area contributed by atoms with E-state index in [1.54, 1.807) is 35.2 Å². The van der Waals surface area contributed by atoms with Gasteiger partial charge in [-0.2, -0.15) is 15.1 Å². The third kappa shape index (κ3) is 9.30. The summed E-state index contributed by atoms with van der Waals surface area (Å²) in [6.45, 7) is 6.62. The van der Waals surface area contributed by atoms with Gasteiger partial charge >= 0.3 is 13.7 Å². The number of hydrogen-bond acceptors (Lipinski definition) is 11. The van der Waals surface area contributed by atoms with Gasteiger partial charge in [-0.3, -0.25) is 9.32 Å². The molecule has 5 rings (SSSR count). The van der Waals surface area contributed by atoms with Crippen molar-refractivity contribution in [1.29, 1.82) is 0 Å². The number of hydrogen-bond donors (Lipinski definition) is 2. The van der Waals surface area contributed by atoms with E-state index >= 15 is 0 Å². The Morgan fingerprint density at radius 3 is 2.50 bits per heavy atom. The maximum Gasteiger partial charge on any atom is 0.459 e. The van der Waals surface area contributed by atoms with Crippen molar-refractivity contribution < 1.29 is 41.4 Å². The van der Waals surface area contributed by atoms with Gasteiger partial charge in [-0.15, -0.1) is 0 Å². The normalized spacial score (nSPS) is 14.2. The number of esters is 1. The first-order valence-corrected chi connectivity index (χ1v) is 17.4. The summed E-state index contributed by atoms with van der Waals surface area (Å²) < 4.78 is 71.6. The van der Waals surface area contributed by atoms with E-state index in [-0.39, 0.29) is 35.8 Å². The van der Waals surface area contributed by atoms with Crippen LogP contribution in [0.3, 0.4) is 0 Å². The first-order chi connectivity index (χ1) is 24.0. The number of nitrogens with two attached hydrogens (primary N) is 1. The highest BCUT2D eigenvalue weighted by molar-refractivity contribution is 7.52. The molecule has 4 unspecified atom stereocenters. The number of rotatable bonds is 15. The van der Waals surface area contributed by atoms with Gasteiger partial charge in [0.2, 0.25) is 11.8 Å². The number of carbonyl (C=O) groups excluding carboxylic acids is 1. The number of carbonyl (C=O) groups is 1. The third-order valence-corrected chi connectivity index (χ3v) is 9.13.